The summed E-state index contributed by atoms with van der Waals surface area (Å²) >= 11 is 0. The van der Waals surface area contributed by atoms with E-state index in [0.717, 1.165) is 30.3 Å². The van der Waals surface area contributed by atoms with E-state index in [1.807, 2.05) is 7.05 Å². The summed E-state index contributed by atoms with van der Waals surface area (Å²) in [6.07, 6.45) is 2.58. The van der Waals surface area contributed by atoms with E-state index in [1.54, 1.807) is 30.3 Å². The van der Waals surface area contributed by atoms with E-state index in [1.165, 1.54) is 6.07 Å². The number of nitrogens with zero attached hydrogens (tertiary/aromatic N) is 2. The van der Waals surface area contributed by atoms with Crippen LogP contribution in [0.15, 0.2) is 40.9 Å². The van der Waals surface area contributed by atoms with E-state index in [9.17, 15) is 9.50 Å². The Morgan fingerprint density at radius 1 is 1.20 bits per heavy atom. The number of aromatic nitrogens is 1. The quantitative estimate of drug-likeness (QED) is 0.687. The maximum absolute atomic E-state index is 13.9. The number of fused-ring (bicyclic) bond motifs is 1. The largest absolute Gasteiger partial charge is 0.507 e. The van der Waals surface area contributed by atoms with Gasteiger partial charge in [-0.2, -0.15) is 0 Å². The third kappa shape index (κ3) is 3.82. The third-order valence-corrected chi connectivity index (χ3v) is 4.43. The van der Waals surface area contributed by atoms with Gasteiger partial charge in [0.1, 0.15) is 11.6 Å². The summed E-state index contributed by atoms with van der Waals surface area (Å²) in [4.78, 5) is 2.15. The van der Waals surface area contributed by atoms with Gasteiger partial charge >= 0.3 is 0 Å². The maximum Gasteiger partial charge on any atom is 0.175 e. The molecule has 0 spiro atoms. The van der Waals surface area contributed by atoms with Gasteiger partial charge in [0.25, 0.3) is 0 Å². The van der Waals surface area contributed by atoms with Crippen molar-refractivity contribution in [3.8, 4) is 5.75 Å². The molecular formula is C20H23FN2O2. The molecule has 3 rings (SSSR count). The van der Waals surface area contributed by atoms with Gasteiger partial charge in [0.15, 0.2) is 5.58 Å². The van der Waals surface area contributed by atoms with Crippen LogP contribution in [-0.4, -0.2) is 28.8 Å². The SMILES string of the molecule is CCCCN(C)Cc1c(O)ccc2c(Cc3ccccc3F)noc12. The molecule has 0 amide bonds. The van der Waals surface area contributed by atoms with E-state index in [0.29, 0.717) is 29.8 Å². The average molecular weight is 342 g/mol. The fourth-order valence-electron chi connectivity index (χ4n) is 2.98. The average Bonchev–Trinajstić information content (AvgIpc) is 3.00. The highest BCUT2D eigenvalue weighted by Crippen LogP contribution is 2.31. The molecule has 1 heterocycles. The Morgan fingerprint density at radius 3 is 2.76 bits per heavy atom. The van der Waals surface area contributed by atoms with Crippen LogP contribution in [0.25, 0.3) is 11.0 Å². The summed E-state index contributed by atoms with van der Waals surface area (Å²) in [5.74, 6) is -0.0543. The number of benzene rings is 2. The minimum atomic E-state index is -0.253. The van der Waals surface area contributed by atoms with Gasteiger partial charge in [-0.25, -0.2) is 4.39 Å². The predicted molar refractivity (Wildman–Crippen MR) is 96.1 cm³/mol. The van der Waals surface area contributed by atoms with Crippen molar-refractivity contribution in [1.29, 1.82) is 0 Å². The highest BCUT2D eigenvalue weighted by molar-refractivity contribution is 5.84. The molecule has 0 aliphatic carbocycles. The van der Waals surface area contributed by atoms with Crippen LogP contribution >= 0.6 is 0 Å². The molecule has 0 aliphatic rings. The van der Waals surface area contributed by atoms with Gasteiger partial charge in [0.2, 0.25) is 0 Å². The Labute approximate surface area is 146 Å². The lowest BCUT2D eigenvalue weighted by Crippen LogP contribution is -2.19. The second-order valence-corrected chi connectivity index (χ2v) is 6.43. The molecule has 4 nitrogen and oxygen atoms in total. The highest BCUT2D eigenvalue weighted by Gasteiger charge is 2.17. The summed E-state index contributed by atoms with van der Waals surface area (Å²) in [6, 6.07) is 10.1. The summed E-state index contributed by atoms with van der Waals surface area (Å²) in [6.45, 7) is 3.68. The molecule has 0 saturated carbocycles. The molecule has 1 aromatic heterocycles. The van der Waals surface area contributed by atoms with Crippen molar-refractivity contribution in [1.82, 2.24) is 10.1 Å². The van der Waals surface area contributed by atoms with Gasteiger partial charge < -0.3 is 14.5 Å². The number of hydrogen-bond donors (Lipinski definition) is 1. The Hall–Kier alpha value is -2.40. The van der Waals surface area contributed by atoms with Gasteiger partial charge in [0.05, 0.1) is 11.3 Å². The molecule has 2 aromatic carbocycles. The fraction of sp³-hybridized carbons (Fsp3) is 0.350. The molecule has 0 aliphatic heterocycles. The minimum Gasteiger partial charge on any atom is -0.507 e. The predicted octanol–water partition coefficient (Wildman–Crippen LogP) is 4.50. The van der Waals surface area contributed by atoms with Gasteiger partial charge in [0, 0.05) is 18.4 Å². The molecule has 0 saturated heterocycles. The Morgan fingerprint density at radius 2 is 2.00 bits per heavy atom. The Kier molecular flexibility index (Phi) is 5.34. The first-order valence-corrected chi connectivity index (χ1v) is 8.61. The Bertz CT molecular complexity index is 860. The topological polar surface area (TPSA) is 49.5 Å². The van der Waals surface area contributed by atoms with Crippen molar-refractivity contribution in [2.24, 2.45) is 0 Å². The standard InChI is InChI=1S/C20H23FN2O2/c1-3-4-11-23(2)13-16-19(24)10-9-15-18(22-25-20(15)16)12-14-7-5-6-8-17(14)21/h5-10,24H,3-4,11-13H2,1-2H3. The Balaban J connectivity index is 1.91. The molecule has 1 N–H and O–H groups in total. The van der Waals surface area contributed by atoms with Crippen molar-refractivity contribution in [2.75, 3.05) is 13.6 Å². The lowest BCUT2D eigenvalue weighted by Gasteiger charge is -2.16. The van der Waals surface area contributed by atoms with Gasteiger partial charge in [-0.1, -0.05) is 36.7 Å². The van der Waals surface area contributed by atoms with Crippen molar-refractivity contribution in [2.45, 2.75) is 32.7 Å². The van der Waals surface area contributed by atoms with Crippen LogP contribution in [0, 0.1) is 5.82 Å². The summed E-state index contributed by atoms with van der Waals surface area (Å²) in [5.41, 5.74) is 2.56. The molecule has 25 heavy (non-hydrogen) atoms. The van der Waals surface area contributed by atoms with Gasteiger partial charge in [-0.3, -0.25) is 0 Å². The van der Waals surface area contributed by atoms with E-state index in [2.05, 4.69) is 17.0 Å². The molecule has 5 heteroatoms. The molecule has 0 radical (unpaired) electrons. The lowest BCUT2D eigenvalue weighted by molar-refractivity contribution is 0.312. The van der Waals surface area contributed by atoms with Gasteiger partial charge in [-0.05, 0) is 43.8 Å². The number of halogens is 1. The molecule has 0 fully saturated rings. The zero-order chi connectivity index (χ0) is 17.8. The number of phenolic OH excluding ortho intramolecular Hbond substituents is 1. The van der Waals surface area contributed by atoms with E-state index < -0.39 is 0 Å². The van der Waals surface area contributed by atoms with Gasteiger partial charge in [-0.15, -0.1) is 0 Å². The zero-order valence-electron chi connectivity index (χ0n) is 14.6. The number of rotatable bonds is 7. The molecule has 0 unspecified atom stereocenters. The number of hydrogen-bond acceptors (Lipinski definition) is 4. The maximum atomic E-state index is 13.9. The minimum absolute atomic E-state index is 0.199. The lowest BCUT2D eigenvalue weighted by atomic mass is 10.0. The van der Waals surface area contributed by atoms with E-state index >= 15 is 0 Å². The molecule has 0 atom stereocenters. The van der Waals surface area contributed by atoms with Crippen LogP contribution in [0.3, 0.4) is 0 Å². The first-order chi connectivity index (χ1) is 12.1. The van der Waals surface area contributed by atoms with E-state index in [4.69, 9.17) is 4.52 Å². The van der Waals surface area contributed by atoms with E-state index in [-0.39, 0.29) is 11.6 Å². The number of unbranched alkanes of at least 4 members (excludes halogenated alkanes) is 1. The van der Waals surface area contributed by atoms with Crippen LogP contribution in [-0.2, 0) is 13.0 Å². The first-order valence-electron chi connectivity index (χ1n) is 8.61. The van der Waals surface area contributed by atoms with Crippen molar-refractivity contribution in [3.63, 3.8) is 0 Å². The van der Waals surface area contributed by atoms with Crippen LogP contribution < -0.4 is 0 Å². The first kappa shape index (κ1) is 17.4. The van der Waals surface area contributed by atoms with Crippen molar-refractivity contribution >= 4 is 11.0 Å². The van der Waals surface area contributed by atoms with Crippen LogP contribution in [0.1, 0.15) is 36.6 Å². The van der Waals surface area contributed by atoms with Crippen molar-refractivity contribution in [3.05, 3.63) is 59.0 Å². The summed E-state index contributed by atoms with van der Waals surface area (Å²) in [7, 11) is 2.02. The normalized spacial score (nSPS) is 11.5. The number of phenols is 1. The summed E-state index contributed by atoms with van der Waals surface area (Å²) < 4.78 is 19.4. The fourth-order valence-corrected chi connectivity index (χ4v) is 2.98. The highest BCUT2D eigenvalue weighted by atomic mass is 19.1. The molecule has 132 valence electrons. The van der Waals surface area contributed by atoms with Crippen LogP contribution in [0.5, 0.6) is 5.75 Å². The van der Waals surface area contributed by atoms with Crippen LogP contribution in [0.2, 0.25) is 0 Å². The molecular weight excluding hydrogens is 319 g/mol. The summed E-state index contributed by atoms with van der Waals surface area (Å²) in [5, 5.41) is 15.2. The monoisotopic (exact) mass is 342 g/mol. The second kappa shape index (κ2) is 7.66. The number of aromatic hydroxyl groups is 1. The second-order valence-electron chi connectivity index (χ2n) is 6.43. The molecule has 3 aromatic rings. The molecule has 0 bridgehead atoms. The van der Waals surface area contributed by atoms with Crippen molar-refractivity contribution < 1.29 is 14.0 Å². The zero-order valence-corrected chi connectivity index (χ0v) is 14.6. The smallest absolute Gasteiger partial charge is 0.175 e. The third-order valence-electron chi connectivity index (χ3n) is 4.43. The van der Waals surface area contributed by atoms with Crippen LogP contribution in [0.4, 0.5) is 4.39 Å².